The van der Waals surface area contributed by atoms with Crippen LogP contribution in [-0.2, 0) is 17.9 Å². The molecule has 1 aliphatic rings. The van der Waals surface area contributed by atoms with Gasteiger partial charge in [-0.1, -0.05) is 65.7 Å². The molecular weight excluding hydrogens is 449 g/mol. The van der Waals surface area contributed by atoms with E-state index < -0.39 is 17.0 Å². The van der Waals surface area contributed by atoms with Crippen molar-refractivity contribution in [1.82, 2.24) is 4.90 Å². The highest BCUT2D eigenvalue weighted by molar-refractivity contribution is 8.18. The first-order valence-electron chi connectivity index (χ1n) is 9.88. The third-order valence-corrected chi connectivity index (χ3v) is 6.20. The maximum Gasteiger partial charge on any atom is 0.293 e. The van der Waals surface area contributed by atoms with Gasteiger partial charge in [0.15, 0.2) is 0 Å². The van der Waals surface area contributed by atoms with Crippen molar-refractivity contribution < 1.29 is 18.7 Å². The van der Waals surface area contributed by atoms with Crippen molar-refractivity contribution in [2.75, 3.05) is 0 Å². The average molecular weight is 468 g/mol. The van der Waals surface area contributed by atoms with Crippen LogP contribution in [0.5, 0.6) is 5.75 Å². The number of amides is 2. The molecule has 0 spiro atoms. The maximum atomic E-state index is 14.1. The van der Waals surface area contributed by atoms with Crippen LogP contribution in [0.1, 0.15) is 22.3 Å². The van der Waals surface area contributed by atoms with E-state index in [1.807, 2.05) is 55.5 Å². The number of rotatable bonds is 6. The van der Waals surface area contributed by atoms with E-state index in [9.17, 15) is 14.0 Å². The lowest BCUT2D eigenvalue weighted by Crippen LogP contribution is -2.28. The van der Waals surface area contributed by atoms with Crippen LogP contribution in [0.3, 0.4) is 0 Å². The first-order chi connectivity index (χ1) is 15.4. The third-order valence-electron chi connectivity index (χ3n) is 4.93. The van der Waals surface area contributed by atoms with Crippen LogP contribution in [-0.4, -0.2) is 16.0 Å². The summed E-state index contributed by atoms with van der Waals surface area (Å²) in [4.78, 5) is 26.6. The lowest BCUT2D eigenvalue weighted by Gasteiger charge is -2.14. The van der Waals surface area contributed by atoms with Gasteiger partial charge in [-0.2, -0.15) is 0 Å². The van der Waals surface area contributed by atoms with Crippen LogP contribution in [0.4, 0.5) is 9.18 Å². The van der Waals surface area contributed by atoms with Crippen molar-refractivity contribution >= 4 is 40.6 Å². The van der Waals surface area contributed by atoms with E-state index in [-0.39, 0.29) is 22.0 Å². The summed E-state index contributed by atoms with van der Waals surface area (Å²) in [7, 11) is 0. The molecule has 7 heteroatoms. The molecule has 1 heterocycles. The predicted molar refractivity (Wildman–Crippen MR) is 125 cm³/mol. The topological polar surface area (TPSA) is 46.6 Å². The minimum atomic E-state index is -0.560. The molecule has 4 nitrogen and oxygen atoms in total. The maximum absolute atomic E-state index is 14.1. The van der Waals surface area contributed by atoms with Gasteiger partial charge >= 0.3 is 0 Å². The standard InChI is InChI=1S/C25H19ClFNO3S/c1-16-6-4-7-17(12-16)15-31-22-11-3-2-8-18(22)13-23-24(29)28(25(30)32-23)14-19-20(26)9-5-10-21(19)27/h2-13H,14-15H2,1H3/b23-13+. The van der Waals surface area contributed by atoms with Crippen molar-refractivity contribution in [1.29, 1.82) is 0 Å². The zero-order chi connectivity index (χ0) is 22.7. The molecule has 1 fully saturated rings. The molecular formula is C25H19ClFNO3S. The number of nitrogens with zero attached hydrogens (tertiary/aromatic N) is 1. The molecule has 1 saturated heterocycles. The van der Waals surface area contributed by atoms with E-state index in [1.165, 1.54) is 18.2 Å². The van der Waals surface area contributed by atoms with Gasteiger partial charge in [0.2, 0.25) is 0 Å². The summed E-state index contributed by atoms with van der Waals surface area (Å²) in [5, 5.41) is -0.304. The lowest BCUT2D eigenvalue weighted by atomic mass is 10.1. The largest absolute Gasteiger partial charge is 0.488 e. The number of aryl methyl sites for hydroxylation is 1. The molecule has 0 bridgehead atoms. The van der Waals surface area contributed by atoms with Crippen molar-refractivity contribution in [3.05, 3.63) is 105 Å². The fraction of sp³-hybridized carbons (Fsp3) is 0.120. The second kappa shape index (κ2) is 9.59. The van der Waals surface area contributed by atoms with E-state index in [2.05, 4.69) is 0 Å². The van der Waals surface area contributed by atoms with Gasteiger partial charge in [0.25, 0.3) is 11.1 Å². The van der Waals surface area contributed by atoms with Crippen LogP contribution in [0.2, 0.25) is 5.02 Å². The fourth-order valence-corrected chi connectivity index (χ4v) is 4.37. The number of benzene rings is 3. The molecule has 162 valence electrons. The van der Waals surface area contributed by atoms with Crippen LogP contribution in [0.15, 0.2) is 71.6 Å². The fourth-order valence-electron chi connectivity index (χ4n) is 3.31. The van der Waals surface area contributed by atoms with Crippen LogP contribution in [0.25, 0.3) is 6.08 Å². The first-order valence-corrected chi connectivity index (χ1v) is 11.1. The number of thioether (sulfide) groups is 1. The number of halogens is 2. The summed E-state index contributed by atoms with van der Waals surface area (Å²) in [6.07, 6.45) is 1.62. The molecule has 32 heavy (non-hydrogen) atoms. The zero-order valence-corrected chi connectivity index (χ0v) is 18.8. The molecule has 4 rings (SSSR count). The van der Waals surface area contributed by atoms with Crippen molar-refractivity contribution in [3.63, 3.8) is 0 Å². The Morgan fingerprint density at radius 2 is 1.84 bits per heavy atom. The Hall–Kier alpha value is -3.09. The monoisotopic (exact) mass is 467 g/mol. The first kappa shape index (κ1) is 22.1. The number of carbonyl (C=O) groups excluding carboxylic acids is 2. The van der Waals surface area contributed by atoms with Gasteiger partial charge in [0.05, 0.1) is 11.4 Å². The van der Waals surface area contributed by atoms with Gasteiger partial charge in [-0.3, -0.25) is 14.5 Å². The Kier molecular flexibility index (Phi) is 6.63. The highest BCUT2D eigenvalue weighted by Gasteiger charge is 2.36. The molecule has 2 amide bonds. The van der Waals surface area contributed by atoms with Crippen LogP contribution < -0.4 is 4.74 Å². The number of imide groups is 1. The zero-order valence-electron chi connectivity index (χ0n) is 17.2. The van der Waals surface area contributed by atoms with E-state index in [1.54, 1.807) is 6.08 Å². The van der Waals surface area contributed by atoms with Gasteiger partial charge in [-0.25, -0.2) is 4.39 Å². The quantitative estimate of drug-likeness (QED) is 0.383. The second-order valence-corrected chi connectivity index (χ2v) is 8.68. The number of hydrogen-bond acceptors (Lipinski definition) is 4. The SMILES string of the molecule is Cc1cccc(COc2ccccc2/C=C2/SC(=O)N(Cc3c(F)cccc3Cl)C2=O)c1. The van der Waals surface area contributed by atoms with Crippen molar-refractivity contribution in [2.45, 2.75) is 20.1 Å². The third kappa shape index (κ3) is 4.87. The van der Waals surface area contributed by atoms with Gasteiger partial charge in [-0.15, -0.1) is 0 Å². The summed E-state index contributed by atoms with van der Waals surface area (Å²) < 4.78 is 20.1. The predicted octanol–water partition coefficient (Wildman–Crippen LogP) is 6.60. The van der Waals surface area contributed by atoms with Crippen LogP contribution >= 0.6 is 23.4 Å². The molecule has 0 unspecified atom stereocenters. The Labute approximate surface area is 194 Å². The van der Waals surface area contributed by atoms with Gasteiger partial charge < -0.3 is 4.74 Å². The molecule has 0 atom stereocenters. The molecule has 0 radical (unpaired) electrons. The van der Waals surface area contributed by atoms with Crippen molar-refractivity contribution in [3.8, 4) is 5.75 Å². The summed E-state index contributed by atoms with van der Waals surface area (Å²) in [5.74, 6) is -0.457. The number of hydrogen-bond donors (Lipinski definition) is 0. The van der Waals surface area contributed by atoms with Gasteiger partial charge in [0.1, 0.15) is 18.2 Å². The molecule has 3 aromatic rings. The molecule has 3 aromatic carbocycles. The van der Waals surface area contributed by atoms with Gasteiger partial charge in [-0.05, 0) is 48.5 Å². The number of ether oxygens (including phenoxy) is 1. The Morgan fingerprint density at radius 1 is 1.06 bits per heavy atom. The summed E-state index contributed by atoms with van der Waals surface area (Å²) in [6.45, 7) is 2.17. The molecule has 1 aliphatic heterocycles. The smallest absolute Gasteiger partial charge is 0.293 e. The average Bonchev–Trinajstić information content (AvgIpc) is 3.03. The molecule has 0 aromatic heterocycles. The number of para-hydroxylation sites is 1. The summed E-state index contributed by atoms with van der Waals surface area (Å²) >= 11 is 6.87. The molecule has 0 N–H and O–H groups in total. The van der Waals surface area contributed by atoms with E-state index >= 15 is 0 Å². The van der Waals surface area contributed by atoms with Crippen LogP contribution in [0, 0.1) is 12.7 Å². The minimum absolute atomic E-state index is 0.111. The van der Waals surface area contributed by atoms with E-state index in [4.69, 9.17) is 16.3 Å². The van der Waals surface area contributed by atoms with Gasteiger partial charge in [0, 0.05) is 16.1 Å². The highest BCUT2D eigenvalue weighted by Crippen LogP contribution is 2.36. The Bertz CT molecular complexity index is 1210. The normalized spacial score (nSPS) is 15.0. The summed E-state index contributed by atoms with van der Waals surface area (Å²) in [5.41, 5.74) is 2.96. The number of carbonyl (C=O) groups is 2. The lowest BCUT2D eigenvalue weighted by molar-refractivity contribution is -0.123. The second-order valence-electron chi connectivity index (χ2n) is 7.28. The van der Waals surface area contributed by atoms with Crippen molar-refractivity contribution in [2.24, 2.45) is 0 Å². The highest BCUT2D eigenvalue weighted by atomic mass is 35.5. The Balaban J connectivity index is 1.54. The summed E-state index contributed by atoms with van der Waals surface area (Å²) in [6, 6.07) is 19.6. The minimum Gasteiger partial charge on any atom is -0.488 e. The van der Waals surface area contributed by atoms with E-state index in [0.717, 1.165) is 27.8 Å². The Morgan fingerprint density at radius 3 is 2.62 bits per heavy atom. The molecule has 0 saturated carbocycles. The van der Waals surface area contributed by atoms with E-state index in [0.29, 0.717) is 17.9 Å². The molecule has 0 aliphatic carbocycles.